The predicted octanol–water partition coefficient (Wildman–Crippen LogP) is 3.85. The summed E-state index contributed by atoms with van der Waals surface area (Å²) in [7, 11) is 3.27. The van der Waals surface area contributed by atoms with Gasteiger partial charge in [0.25, 0.3) is 5.91 Å². The van der Waals surface area contributed by atoms with Gasteiger partial charge in [-0.2, -0.15) is 0 Å². The smallest absolute Gasteiger partial charge is 0.251 e. The van der Waals surface area contributed by atoms with Crippen molar-refractivity contribution < 1.29 is 19.0 Å². The lowest BCUT2D eigenvalue weighted by Crippen LogP contribution is -2.25. The normalized spacial score (nSPS) is 10.7. The molecule has 0 aliphatic heterocycles. The average Bonchev–Trinajstić information content (AvgIpc) is 2.68. The van der Waals surface area contributed by atoms with Crippen LogP contribution in [0, 0.1) is 5.92 Å². The van der Waals surface area contributed by atoms with Crippen molar-refractivity contribution in [3.63, 3.8) is 0 Å². The summed E-state index contributed by atoms with van der Waals surface area (Å²) in [6.07, 6.45) is 0.760. The van der Waals surface area contributed by atoms with Crippen LogP contribution in [0.25, 0.3) is 0 Å². The fraction of sp³-hybridized carbons (Fsp3) is 0.409. The van der Waals surface area contributed by atoms with Crippen LogP contribution in [0.5, 0.6) is 11.5 Å². The van der Waals surface area contributed by atoms with E-state index < -0.39 is 0 Å². The molecule has 0 unspecified atom stereocenters. The Bertz CT molecular complexity index is 726. The Kier molecular flexibility index (Phi) is 8.14. The van der Waals surface area contributed by atoms with Gasteiger partial charge in [0, 0.05) is 24.3 Å². The van der Waals surface area contributed by atoms with Crippen LogP contribution < -0.4 is 14.8 Å². The molecule has 5 nitrogen and oxygen atoms in total. The third-order valence-corrected chi connectivity index (χ3v) is 4.11. The molecule has 0 saturated heterocycles. The summed E-state index contributed by atoms with van der Waals surface area (Å²) in [6, 6.07) is 13.3. The zero-order chi connectivity index (χ0) is 19.6. The lowest BCUT2D eigenvalue weighted by molar-refractivity contribution is 0.0939. The van der Waals surface area contributed by atoms with E-state index in [9.17, 15) is 4.79 Å². The molecule has 5 heteroatoms. The largest absolute Gasteiger partial charge is 0.497 e. The van der Waals surface area contributed by atoms with Crippen molar-refractivity contribution in [1.82, 2.24) is 5.32 Å². The third kappa shape index (κ3) is 6.61. The molecule has 2 rings (SSSR count). The van der Waals surface area contributed by atoms with Crippen LogP contribution in [0.4, 0.5) is 0 Å². The van der Waals surface area contributed by atoms with Crippen molar-refractivity contribution in [2.24, 2.45) is 5.92 Å². The van der Waals surface area contributed by atoms with Crippen molar-refractivity contribution in [3.8, 4) is 11.5 Å². The van der Waals surface area contributed by atoms with Crippen LogP contribution in [0.2, 0.25) is 0 Å². The number of ether oxygens (including phenoxy) is 3. The van der Waals surface area contributed by atoms with E-state index in [2.05, 4.69) is 19.2 Å². The topological polar surface area (TPSA) is 56.8 Å². The molecule has 1 N–H and O–H groups in total. The average molecular weight is 371 g/mol. The Morgan fingerprint density at radius 2 is 1.78 bits per heavy atom. The second kappa shape index (κ2) is 10.6. The van der Waals surface area contributed by atoms with Gasteiger partial charge >= 0.3 is 0 Å². The molecular weight excluding hydrogens is 342 g/mol. The minimum absolute atomic E-state index is 0.101. The molecule has 0 saturated carbocycles. The maximum absolute atomic E-state index is 12.5. The minimum atomic E-state index is -0.101. The molecule has 27 heavy (non-hydrogen) atoms. The van der Waals surface area contributed by atoms with Crippen LogP contribution >= 0.6 is 0 Å². The molecule has 0 bridgehead atoms. The third-order valence-electron chi connectivity index (χ3n) is 4.11. The molecule has 0 heterocycles. The van der Waals surface area contributed by atoms with Gasteiger partial charge in [0.05, 0.1) is 20.8 Å². The highest BCUT2D eigenvalue weighted by atomic mass is 16.5. The van der Waals surface area contributed by atoms with Gasteiger partial charge in [0.1, 0.15) is 11.5 Å². The number of carbonyl (C=O) groups is 1. The second-order valence-corrected chi connectivity index (χ2v) is 6.79. The summed E-state index contributed by atoms with van der Waals surface area (Å²) in [5, 5.41) is 2.96. The van der Waals surface area contributed by atoms with E-state index in [1.165, 1.54) is 0 Å². The van der Waals surface area contributed by atoms with Crippen molar-refractivity contribution in [2.45, 2.75) is 26.9 Å². The lowest BCUT2D eigenvalue weighted by atomic mass is 10.1. The number of rotatable bonds is 10. The molecule has 2 aromatic carbocycles. The number of carbonyl (C=O) groups excluding carboxylic acids is 1. The van der Waals surface area contributed by atoms with Gasteiger partial charge in [-0.15, -0.1) is 0 Å². The van der Waals surface area contributed by atoms with E-state index in [0.717, 1.165) is 29.0 Å². The number of nitrogens with one attached hydrogen (secondary N) is 1. The van der Waals surface area contributed by atoms with Crippen molar-refractivity contribution in [1.29, 1.82) is 0 Å². The number of methoxy groups -OCH3 is 2. The molecule has 2 aromatic rings. The van der Waals surface area contributed by atoms with Gasteiger partial charge in [-0.1, -0.05) is 26.0 Å². The fourth-order valence-corrected chi connectivity index (χ4v) is 2.65. The second-order valence-electron chi connectivity index (χ2n) is 6.79. The first kappa shape index (κ1) is 20.8. The van der Waals surface area contributed by atoms with Gasteiger partial charge in [-0.05, 0) is 48.2 Å². The molecule has 0 aliphatic rings. The van der Waals surface area contributed by atoms with Crippen LogP contribution in [-0.4, -0.2) is 33.3 Å². The van der Waals surface area contributed by atoms with Crippen molar-refractivity contribution in [2.75, 3.05) is 27.4 Å². The summed E-state index contributed by atoms with van der Waals surface area (Å²) in [5.74, 6) is 1.92. The maximum Gasteiger partial charge on any atom is 0.251 e. The highest BCUT2D eigenvalue weighted by Crippen LogP contribution is 2.21. The highest BCUT2D eigenvalue weighted by molar-refractivity contribution is 5.94. The zero-order valence-electron chi connectivity index (χ0n) is 16.6. The van der Waals surface area contributed by atoms with E-state index in [1.54, 1.807) is 20.3 Å². The molecule has 0 spiro atoms. The summed E-state index contributed by atoms with van der Waals surface area (Å²) < 4.78 is 16.2. The Hall–Kier alpha value is -2.53. The van der Waals surface area contributed by atoms with Crippen molar-refractivity contribution in [3.05, 3.63) is 59.2 Å². The first-order chi connectivity index (χ1) is 13.0. The van der Waals surface area contributed by atoms with Crippen LogP contribution in [-0.2, 0) is 17.8 Å². The molecular formula is C22H29NO4. The Balaban J connectivity index is 1.92. The monoisotopic (exact) mass is 371 g/mol. The molecule has 0 aliphatic carbocycles. The van der Waals surface area contributed by atoms with E-state index in [1.807, 2.05) is 36.4 Å². The van der Waals surface area contributed by atoms with Crippen LogP contribution in [0.15, 0.2) is 42.5 Å². The molecule has 0 fully saturated rings. The Labute approximate surface area is 161 Å². The van der Waals surface area contributed by atoms with Gasteiger partial charge in [0.2, 0.25) is 0 Å². The summed E-state index contributed by atoms with van der Waals surface area (Å²) in [5.41, 5.74) is 2.63. The molecule has 0 aromatic heterocycles. The summed E-state index contributed by atoms with van der Waals surface area (Å²) in [4.78, 5) is 12.5. The van der Waals surface area contributed by atoms with Crippen molar-refractivity contribution >= 4 is 5.91 Å². The van der Waals surface area contributed by atoms with Crippen LogP contribution in [0.3, 0.4) is 0 Å². The standard InChI is InChI=1S/C22H29NO4/c1-16(2)14-27-15-19-13-18(7-10-21(19)26-4)22(24)23-12-11-17-5-8-20(25-3)9-6-17/h5-10,13,16H,11-12,14-15H2,1-4H3,(H,23,24). The first-order valence-electron chi connectivity index (χ1n) is 9.19. The van der Waals surface area contributed by atoms with Gasteiger partial charge in [-0.3, -0.25) is 4.79 Å². The van der Waals surface area contributed by atoms with E-state index in [4.69, 9.17) is 14.2 Å². The van der Waals surface area contributed by atoms with Gasteiger partial charge < -0.3 is 19.5 Å². The number of hydrogen-bond donors (Lipinski definition) is 1. The Morgan fingerprint density at radius 3 is 2.41 bits per heavy atom. The number of hydrogen-bond acceptors (Lipinski definition) is 4. The first-order valence-corrected chi connectivity index (χ1v) is 9.19. The SMILES string of the molecule is COc1ccc(CCNC(=O)c2ccc(OC)c(COCC(C)C)c2)cc1. The van der Waals surface area contributed by atoms with E-state index >= 15 is 0 Å². The van der Waals surface area contributed by atoms with E-state index in [-0.39, 0.29) is 5.91 Å². The molecule has 146 valence electrons. The summed E-state index contributed by atoms with van der Waals surface area (Å²) in [6.45, 7) is 5.86. The quantitative estimate of drug-likeness (QED) is 0.689. The summed E-state index contributed by atoms with van der Waals surface area (Å²) >= 11 is 0. The molecule has 0 radical (unpaired) electrons. The minimum Gasteiger partial charge on any atom is -0.497 e. The number of amides is 1. The van der Waals surface area contributed by atoms with E-state index in [0.29, 0.717) is 31.2 Å². The fourth-order valence-electron chi connectivity index (χ4n) is 2.65. The van der Waals surface area contributed by atoms with Gasteiger partial charge in [-0.25, -0.2) is 0 Å². The molecule has 0 atom stereocenters. The zero-order valence-corrected chi connectivity index (χ0v) is 16.6. The number of benzene rings is 2. The predicted molar refractivity (Wildman–Crippen MR) is 107 cm³/mol. The Morgan fingerprint density at radius 1 is 1.04 bits per heavy atom. The highest BCUT2D eigenvalue weighted by Gasteiger charge is 2.11. The van der Waals surface area contributed by atoms with Gasteiger partial charge in [0.15, 0.2) is 0 Å². The lowest BCUT2D eigenvalue weighted by Gasteiger charge is -2.13. The molecule has 1 amide bonds. The maximum atomic E-state index is 12.5. The van der Waals surface area contributed by atoms with Crippen LogP contribution in [0.1, 0.15) is 35.3 Å².